The molecule has 2 fully saturated rings. The minimum absolute atomic E-state index is 0.213. The SMILES string of the molecule is O[C@@H]1CCOC[C@H]1[C@H]1CCCN1Cc1cncc(Br)c1. The van der Waals surface area contributed by atoms with Crippen LogP contribution in [0.2, 0.25) is 0 Å². The zero-order valence-corrected chi connectivity index (χ0v) is 13.1. The third-order valence-electron chi connectivity index (χ3n) is 4.42. The molecule has 0 radical (unpaired) electrons. The Hall–Kier alpha value is -0.490. The van der Waals surface area contributed by atoms with Crippen molar-refractivity contribution in [1.82, 2.24) is 9.88 Å². The van der Waals surface area contributed by atoms with Gasteiger partial charge in [0.1, 0.15) is 0 Å². The van der Waals surface area contributed by atoms with E-state index >= 15 is 0 Å². The van der Waals surface area contributed by atoms with Crippen LogP contribution in [0.1, 0.15) is 24.8 Å². The van der Waals surface area contributed by atoms with Crippen LogP contribution in [0.3, 0.4) is 0 Å². The molecule has 1 N–H and O–H groups in total. The first-order chi connectivity index (χ1) is 9.74. The summed E-state index contributed by atoms with van der Waals surface area (Å²) in [4.78, 5) is 6.71. The summed E-state index contributed by atoms with van der Waals surface area (Å²) in [6, 6.07) is 2.56. The van der Waals surface area contributed by atoms with Crippen LogP contribution in [0, 0.1) is 5.92 Å². The molecule has 0 unspecified atom stereocenters. The van der Waals surface area contributed by atoms with Gasteiger partial charge in [0.05, 0.1) is 12.7 Å². The predicted octanol–water partition coefficient (Wildman–Crippen LogP) is 2.21. The second-order valence-corrected chi connectivity index (χ2v) is 6.70. The molecule has 0 aliphatic carbocycles. The van der Waals surface area contributed by atoms with Crippen LogP contribution in [0.5, 0.6) is 0 Å². The highest BCUT2D eigenvalue weighted by Gasteiger charge is 2.37. The molecule has 0 spiro atoms. The van der Waals surface area contributed by atoms with Crippen LogP contribution < -0.4 is 0 Å². The lowest BCUT2D eigenvalue weighted by atomic mass is 9.89. The predicted molar refractivity (Wildman–Crippen MR) is 80.3 cm³/mol. The van der Waals surface area contributed by atoms with E-state index in [0.29, 0.717) is 19.3 Å². The summed E-state index contributed by atoms with van der Waals surface area (Å²) in [6.07, 6.45) is 6.65. The maximum Gasteiger partial charge on any atom is 0.0627 e. The van der Waals surface area contributed by atoms with E-state index < -0.39 is 0 Å². The molecule has 0 saturated carbocycles. The maximum atomic E-state index is 10.2. The molecule has 3 rings (SSSR count). The molecule has 2 aliphatic rings. The zero-order valence-electron chi connectivity index (χ0n) is 11.5. The Morgan fingerprint density at radius 1 is 1.40 bits per heavy atom. The van der Waals surface area contributed by atoms with Gasteiger partial charge in [0.15, 0.2) is 0 Å². The number of aliphatic hydroxyl groups is 1. The van der Waals surface area contributed by atoms with E-state index in [4.69, 9.17) is 4.74 Å². The van der Waals surface area contributed by atoms with Crippen LogP contribution in [-0.4, -0.2) is 46.9 Å². The number of aliphatic hydroxyl groups excluding tert-OH is 1. The summed E-state index contributed by atoms with van der Waals surface area (Å²) in [6.45, 7) is 3.39. The van der Waals surface area contributed by atoms with Gasteiger partial charge in [0.25, 0.3) is 0 Å². The molecule has 0 aromatic carbocycles. The molecule has 2 saturated heterocycles. The number of nitrogens with zero attached hydrogens (tertiary/aromatic N) is 2. The van der Waals surface area contributed by atoms with Crippen molar-refractivity contribution >= 4 is 15.9 Å². The van der Waals surface area contributed by atoms with E-state index in [1.165, 1.54) is 12.0 Å². The molecule has 1 aromatic rings. The molecule has 5 heteroatoms. The van der Waals surface area contributed by atoms with E-state index in [0.717, 1.165) is 30.4 Å². The minimum Gasteiger partial charge on any atom is -0.393 e. The Balaban J connectivity index is 1.69. The van der Waals surface area contributed by atoms with Crippen LogP contribution in [0.25, 0.3) is 0 Å². The Morgan fingerprint density at radius 2 is 2.30 bits per heavy atom. The molecular formula is C15H21BrN2O2. The van der Waals surface area contributed by atoms with E-state index in [2.05, 4.69) is 31.9 Å². The van der Waals surface area contributed by atoms with E-state index in [9.17, 15) is 5.11 Å². The summed E-state index contributed by atoms with van der Waals surface area (Å²) < 4.78 is 6.60. The molecule has 3 heterocycles. The molecule has 3 atom stereocenters. The van der Waals surface area contributed by atoms with Crippen molar-refractivity contribution in [3.63, 3.8) is 0 Å². The van der Waals surface area contributed by atoms with Gasteiger partial charge >= 0.3 is 0 Å². The number of pyridine rings is 1. The van der Waals surface area contributed by atoms with Gasteiger partial charge in [-0.15, -0.1) is 0 Å². The molecule has 0 bridgehead atoms. The number of hydrogen-bond donors (Lipinski definition) is 1. The summed E-state index contributed by atoms with van der Waals surface area (Å²) in [7, 11) is 0. The van der Waals surface area contributed by atoms with Gasteiger partial charge in [-0.1, -0.05) is 0 Å². The molecule has 0 amide bonds. The van der Waals surface area contributed by atoms with Crippen molar-refractivity contribution in [1.29, 1.82) is 0 Å². The minimum atomic E-state index is -0.213. The third-order valence-corrected chi connectivity index (χ3v) is 4.85. The molecule has 20 heavy (non-hydrogen) atoms. The third kappa shape index (κ3) is 3.22. The Morgan fingerprint density at radius 3 is 3.10 bits per heavy atom. The zero-order chi connectivity index (χ0) is 13.9. The van der Waals surface area contributed by atoms with Crippen LogP contribution in [0.4, 0.5) is 0 Å². The molecule has 2 aliphatic heterocycles. The number of likely N-dealkylation sites (tertiary alicyclic amines) is 1. The smallest absolute Gasteiger partial charge is 0.0627 e. The first-order valence-electron chi connectivity index (χ1n) is 7.33. The van der Waals surface area contributed by atoms with Gasteiger partial charge in [-0.2, -0.15) is 0 Å². The standard InChI is InChI=1S/C15H21BrN2O2/c16-12-6-11(7-17-8-12)9-18-4-1-2-14(18)13-10-20-5-3-15(13)19/h6-8,13-15,19H,1-5,9-10H2/t13-,14+,15+/m0/s1. The van der Waals surface area contributed by atoms with E-state index in [1.54, 1.807) is 0 Å². The average Bonchev–Trinajstić information content (AvgIpc) is 2.87. The van der Waals surface area contributed by atoms with Crippen molar-refractivity contribution in [2.75, 3.05) is 19.8 Å². The second-order valence-electron chi connectivity index (χ2n) is 5.79. The fraction of sp³-hybridized carbons (Fsp3) is 0.667. The summed E-state index contributed by atoms with van der Waals surface area (Å²) in [5.41, 5.74) is 1.22. The quantitative estimate of drug-likeness (QED) is 0.916. The van der Waals surface area contributed by atoms with Crippen LogP contribution >= 0.6 is 15.9 Å². The number of ether oxygens (including phenoxy) is 1. The lowest BCUT2D eigenvalue weighted by Crippen LogP contribution is -2.45. The number of aromatic nitrogens is 1. The molecule has 4 nitrogen and oxygen atoms in total. The van der Waals surface area contributed by atoms with Gasteiger partial charge in [-0.3, -0.25) is 9.88 Å². The normalized spacial score (nSPS) is 31.6. The lowest BCUT2D eigenvalue weighted by Gasteiger charge is -2.37. The Labute approximate surface area is 128 Å². The van der Waals surface area contributed by atoms with Gasteiger partial charge < -0.3 is 9.84 Å². The first-order valence-corrected chi connectivity index (χ1v) is 8.12. The van der Waals surface area contributed by atoms with Crippen molar-refractivity contribution < 1.29 is 9.84 Å². The summed E-state index contributed by atoms with van der Waals surface area (Å²) >= 11 is 3.47. The van der Waals surface area contributed by atoms with Gasteiger partial charge in [-0.25, -0.2) is 0 Å². The Bertz CT molecular complexity index is 457. The molecule has 1 aromatic heterocycles. The van der Waals surface area contributed by atoms with Gasteiger partial charge in [0, 0.05) is 42.0 Å². The second kappa shape index (κ2) is 6.52. The average molecular weight is 341 g/mol. The highest BCUT2D eigenvalue weighted by Crippen LogP contribution is 2.31. The molecule has 110 valence electrons. The van der Waals surface area contributed by atoms with Gasteiger partial charge in [0.2, 0.25) is 0 Å². The molecular weight excluding hydrogens is 320 g/mol. The highest BCUT2D eigenvalue weighted by molar-refractivity contribution is 9.10. The van der Waals surface area contributed by atoms with Crippen molar-refractivity contribution in [2.24, 2.45) is 5.92 Å². The van der Waals surface area contributed by atoms with Crippen LogP contribution in [-0.2, 0) is 11.3 Å². The topological polar surface area (TPSA) is 45.6 Å². The van der Waals surface area contributed by atoms with Crippen molar-refractivity contribution in [3.8, 4) is 0 Å². The largest absolute Gasteiger partial charge is 0.393 e. The number of rotatable bonds is 3. The summed E-state index contributed by atoms with van der Waals surface area (Å²) in [5.74, 6) is 0.256. The lowest BCUT2D eigenvalue weighted by molar-refractivity contribution is -0.0636. The van der Waals surface area contributed by atoms with E-state index in [-0.39, 0.29) is 12.0 Å². The van der Waals surface area contributed by atoms with Crippen molar-refractivity contribution in [3.05, 3.63) is 28.5 Å². The number of hydrogen-bond acceptors (Lipinski definition) is 4. The van der Waals surface area contributed by atoms with Crippen molar-refractivity contribution in [2.45, 2.75) is 38.0 Å². The van der Waals surface area contributed by atoms with E-state index in [1.807, 2.05) is 12.4 Å². The van der Waals surface area contributed by atoms with Gasteiger partial charge in [-0.05, 0) is 53.4 Å². The maximum absolute atomic E-state index is 10.2. The fourth-order valence-electron chi connectivity index (χ4n) is 3.43. The number of halogens is 1. The highest BCUT2D eigenvalue weighted by atomic mass is 79.9. The monoisotopic (exact) mass is 340 g/mol. The Kier molecular flexibility index (Phi) is 4.71. The first kappa shape index (κ1) is 14.4. The fourth-order valence-corrected chi connectivity index (χ4v) is 3.84. The van der Waals surface area contributed by atoms with Crippen LogP contribution in [0.15, 0.2) is 22.9 Å². The summed E-state index contributed by atoms with van der Waals surface area (Å²) in [5, 5.41) is 10.2.